The van der Waals surface area contributed by atoms with Gasteiger partial charge in [-0.25, -0.2) is 5.01 Å². The van der Waals surface area contributed by atoms with E-state index in [-0.39, 0.29) is 24.9 Å². The van der Waals surface area contributed by atoms with E-state index in [1.807, 2.05) is 60.7 Å². The van der Waals surface area contributed by atoms with Crippen molar-refractivity contribution in [2.24, 2.45) is 5.10 Å². The molecule has 0 fully saturated rings. The number of benzene rings is 2. The molecule has 0 saturated carbocycles. The first kappa shape index (κ1) is 18.2. The standard InChI is InChI=1S/C20H20N2O3S/c23-19(22-13-11-18(21-22)16-7-3-1-4-8-16)15-25-20(24)12-14-26-17-9-5-2-6-10-17/h1-10H,11-15H2. The zero-order valence-electron chi connectivity index (χ0n) is 14.3. The second-order valence-electron chi connectivity index (χ2n) is 5.75. The van der Waals surface area contributed by atoms with Crippen LogP contribution in [0.25, 0.3) is 0 Å². The summed E-state index contributed by atoms with van der Waals surface area (Å²) in [6.07, 6.45) is 0.975. The zero-order valence-corrected chi connectivity index (χ0v) is 15.2. The summed E-state index contributed by atoms with van der Waals surface area (Å²) < 4.78 is 5.08. The maximum atomic E-state index is 12.2. The van der Waals surface area contributed by atoms with Crippen LogP contribution in [0.4, 0.5) is 0 Å². The van der Waals surface area contributed by atoms with E-state index < -0.39 is 0 Å². The van der Waals surface area contributed by atoms with Gasteiger partial charge in [-0.2, -0.15) is 5.10 Å². The Hall–Kier alpha value is -2.60. The van der Waals surface area contributed by atoms with Crippen molar-refractivity contribution in [1.29, 1.82) is 0 Å². The minimum atomic E-state index is -0.367. The maximum Gasteiger partial charge on any atom is 0.307 e. The first-order chi connectivity index (χ1) is 12.7. The number of amides is 1. The summed E-state index contributed by atoms with van der Waals surface area (Å²) in [4.78, 5) is 25.1. The van der Waals surface area contributed by atoms with Crippen molar-refractivity contribution in [2.45, 2.75) is 17.7 Å². The highest BCUT2D eigenvalue weighted by molar-refractivity contribution is 7.99. The molecular formula is C20H20N2O3S. The van der Waals surface area contributed by atoms with Crippen LogP contribution in [0.15, 0.2) is 70.7 Å². The van der Waals surface area contributed by atoms with Crippen LogP contribution in [-0.4, -0.2) is 41.5 Å². The molecule has 0 N–H and O–H groups in total. The summed E-state index contributed by atoms with van der Waals surface area (Å²) in [6, 6.07) is 19.6. The van der Waals surface area contributed by atoms with Crippen molar-refractivity contribution in [3.8, 4) is 0 Å². The van der Waals surface area contributed by atoms with Crippen LogP contribution in [0.5, 0.6) is 0 Å². The summed E-state index contributed by atoms with van der Waals surface area (Å²) in [5.41, 5.74) is 1.89. The maximum absolute atomic E-state index is 12.2. The third-order valence-corrected chi connectivity index (χ3v) is 4.89. The number of hydrogen-bond acceptors (Lipinski definition) is 5. The number of hydrazone groups is 1. The highest BCUT2D eigenvalue weighted by Crippen LogP contribution is 2.18. The Kier molecular flexibility index (Phi) is 6.44. The van der Waals surface area contributed by atoms with Crippen molar-refractivity contribution >= 4 is 29.4 Å². The SMILES string of the molecule is O=C(CCSc1ccccc1)OCC(=O)N1CCC(c2ccccc2)=N1. The first-order valence-corrected chi connectivity index (χ1v) is 9.47. The largest absolute Gasteiger partial charge is 0.455 e. The third-order valence-electron chi connectivity index (χ3n) is 3.87. The number of nitrogens with zero attached hydrogens (tertiary/aromatic N) is 2. The molecule has 26 heavy (non-hydrogen) atoms. The lowest BCUT2D eigenvalue weighted by Gasteiger charge is -2.11. The van der Waals surface area contributed by atoms with Gasteiger partial charge in [-0.05, 0) is 17.7 Å². The number of thioether (sulfide) groups is 1. The number of rotatable bonds is 7. The Labute approximate surface area is 157 Å². The molecule has 0 aliphatic carbocycles. The molecule has 0 aromatic heterocycles. The fourth-order valence-corrected chi connectivity index (χ4v) is 3.38. The van der Waals surface area contributed by atoms with Gasteiger partial charge in [0.05, 0.1) is 18.7 Å². The average molecular weight is 368 g/mol. The monoisotopic (exact) mass is 368 g/mol. The molecule has 0 radical (unpaired) electrons. The van der Waals surface area contributed by atoms with E-state index in [0.717, 1.165) is 16.2 Å². The van der Waals surface area contributed by atoms with Gasteiger partial charge >= 0.3 is 5.97 Å². The fourth-order valence-electron chi connectivity index (χ4n) is 2.53. The highest BCUT2D eigenvalue weighted by atomic mass is 32.2. The van der Waals surface area contributed by atoms with Gasteiger partial charge in [0.2, 0.25) is 0 Å². The van der Waals surface area contributed by atoms with Gasteiger partial charge in [0.25, 0.3) is 5.91 Å². The molecule has 1 aliphatic heterocycles. The zero-order chi connectivity index (χ0) is 18.2. The van der Waals surface area contributed by atoms with Crippen LogP contribution in [0.1, 0.15) is 18.4 Å². The Morgan fingerprint density at radius 1 is 1.04 bits per heavy atom. The fraction of sp³-hybridized carbons (Fsp3) is 0.250. The van der Waals surface area contributed by atoms with E-state index >= 15 is 0 Å². The van der Waals surface area contributed by atoms with Crippen molar-refractivity contribution in [2.75, 3.05) is 18.9 Å². The van der Waals surface area contributed by atoms with Crippen LogP contribution in [0.3, 0.4) is 0 Å². The molecular weight excluding hydrogens is 348 g/mol. The summed E-state index contributed by atoms with van der Waals surface area (Å²) in [5, 5.41) is 5.73. The Morgan fingerprint density at radius 2 is 1.73 bits per heavy atom. The third kappa shape index (κ3) is 5.20. The number of hydrogen-bond donors (Lipinski definition) is 0. The predicted molar refractivity (Wildman–Crippen MR) is 102 cm³/mol. The minimum Gasteiger partial charge on any atom is -0.455 e. The molecule has 5 nitrogen and oxygen atoms in total. The summed E-state index contributed by atoms with van der Waals surface area (Å²) in [5.74, 6) is -0.0370. The van der Waals surface area contributed by atoms with Crippen molar-refractivity contribution < 1.29 is 14.3 Å². The average Bonchev–Trinajstić information content (AvgIpc) is 3.18. The molecule has 6 heteroatoms. The number of carbonyl (C=O) groups excluding carboxylic acids is 2. The summed E-state index contributed by atoms with van der Waals surface area (Å²) >= 11 is 1.59. The van der Waals surface area contributed by atoms with Crippen LogP contribution < -0.4 is 0 Å². The van der Waals surface area contributed by atoms with Crippen molar-refractivity contribution in [3.05, 3.63) is 66.2 Å². The second kappa shape index (κ2) is 9.20. The molecule has 1 aliphatic rings. The minimum absolute atomic E-state index is 0.263. The molecule has 0 bridgehead atoms. The lowest BCUT2D eigenvalue weighted by Crippen LogP contribution is -2.28. The molecule has 0 spiro atoms. The molecule has 0 atom stereocenters. The van der Waals surface area contributed by atoms with Gasteiger partial charge in [-0.3, -0.25) is 9.59 Å². The molecule has 1 amide bonds. The number of esters is 1. The van der Waals surface area contributed by atoms with E-state index in [0.29, 0.717) is 18.7 Å². The lowest BCUT2D eigenvalue weighted by atomic mass is 10.1. The first-order valence-electron chi connectivity index (χ1n) is 8.49. The lowest BCUT2D eigenvalue weighted by molar-refractivity contribution is -0.151. The van der Waals surface area contributed by atoms with Crippen molar-refractivity contribution in [3.63, 3.8) is 0 Å². The van der Waals surface area contributed by atoms with Crippen LogP contribution in [0, 0.1) is 0 Å². The topological polar surface area (TPSA) is 59.0 Å². The molecule has 0 unspecified atom stereocenters. The van der Waals surface area contributed by atoms with Gasteiger partial charge in [0.1, 0.15) is 0 Å². The molecule has 1 heterocycles. The van der Waals surface area contributed by atoms with E-state index in [2.05, 4.69) is 5.10 Å². The quantitative estimate of drug-likeness (QED) is 0.555. The van der Waals surface area contributed by atoms with Crippen LogP contribution in [-0.2, 0) is 14.3 Å². The summed E-state index contributed by atoms with van der Waals surface area (Å²) in [7, 11) is 0. The van der Waals surface area contributed by atoms with E-state index in [4.69, 9.17) is 4.74 Å². The van der Waals surface area contributed by atoms with Crippen LogP contribution in [0.2, 0.25) is 0 Å². The van der Waals surface area contributed by atoms with Gasteiger partial charge < -0.3 is 4.74 Å². The van der Waals surface area contributed by atoms with Gasteiger partial charge in [-0.15, -0.1) is 11.8 Å². The van der Waals surface area contributed by atoms with E-state index in [1.165, 1.54) is 5.01 Å². The second-order valence-corrected chi connectivity index (χ2v) is 6.92. The predicted octanol–water partition coefficient (Wildman–Crippen LogP) is 3.35. The smallest absolute Gasteiger partial charge is 0.307 e. The Balaban J connectivity index is 1.40. The molecule has 0 saturated heterocycles. The van der Waals surface area contributed by atoms with Crippen molar-refractivity contribution in [1.82, 2.24) is 5.01 Å². The molecule has 2 aromatic carbocycles. The highest BCUT2D eigenvalue weighted by Gasteiger charge is 2.22. The van der Waals surface area contributed by atoms with Gasteiger partial charge in [0.15, 0.2) is 6.61 Å². The van der Waals surface area contributed by atoms with Crippen LogP contribution >= 0.6 is 11.8 Å². The molecule has 2 aromatic rings. The Bertz CT molecular complexity index is 778. The Morgan fingerprint density at radius 3 is 2.46 bits per heavy atom. The number of carbonyl (C=O) groups is 2. The van der Waals surface area contributed by atoms with Gasteiger partial charge in [-0.1, -0.05) is 48.5 Å². The van der Waals surface area contributed by atoms with Gasteiger partial charge in [0, 0.05) is 17.1 Å². The normalized spacial score (nSPS) is 13.4. The van der Waals surface area contributed by atoms with E-state index in [1.54, 1.807) is 11.8 Å². The van der Waals surface area contributed by atoms with E-state index in [9.17, 15) is 9.59 Å². The summed E-state index contributed by atoms with van der Waals surface area (Å²) in [6.45, 7) is 0.255. The molecule has 134 valence electrons. The number of ether oxygens (including phenoxy) is 1. The molecule has 3 rings (SSSR count).